The first kappa shape index (κ1) is 11.0. The third-order valence-electron chi connectivity index (χ3n) is 0.733. The Labute approximate surface area is 76.3 Å². The van der Waals surface area contributed by atoms with E-state index in [1.807, 2.05) is 0 Å². The van der Waals surface area contributed by atoms with Gasteiger partial charge in [-0.2, -0.15) is 0 Å². The Kier molecular flexibility index (Phi) is 6.76. The third kappa shape index (κ3) is 10.0. The van der Waals surface area contributed by atoms with Crippen LogP contribution in [0, 0.1) is 5.82 Å². The fraction of sp³-hybridized carbons (Fsp3) is 0. The molecule has 0 saturated heterocycles. The number of halogens is 3. The molecule has 0 unspecified atom stereocenters. The first-order valence-electron chi connectivity index (χ1n) is 2.57. The lowest BCUT2D eigenvalue weighted by Gasteiger charge is -1.78. The second-order valence-electron chi connectivity index (χ2n) is 1.48. The molecular formula is C6H5Cl2FOS. The van der Waals surface area contributed by atoms with E-state index in [0.29, 0.717) is 0 Å². The van der Waals surface area contributed by atoms with Gasteiger partial charge in [0.25, 0.3) is 0 Å². The standard InChI is InChI=1S/C6H5F.Cl2OS/c7-6-4-2-1-3-5-6;1-4(2)3/h1-5H;. The van der Waals surface area contributed by atoms with Crippen molar-refractivity contribution < 1.29 is 8.94 Å². The van der Waals surface area contributed by atoms with Crippen LogP contribution in [0.4, 0.5) is 4.39 Å². The third-order valence-corrected chi connectivity index (χ3v) is 0.733. The number of benzene rings is 1. The Morgan fingerprint density at radius 3 is 1.73 bits per heavy atom. The Hall–Kier alpha value is 0.0400. The average molecular weight is 215 g/mol. The van der Waals surface area contributed by atoms with Gasteiger partial charge in [-0.15, -0.1) is 0 Å². The molecule has 1 aromatic carbocycles. The summed E-state index contributed by atoms with van der Waals surface area (Å²) < 4.78 is 21.0. The summed E-state index contributed by atoms with van der Waals surface area (Å²) in [6.07, 6.45) is 0. The first-order chi connectivity index (χ1) is 5.13. The molecule has 1 aromatic rings. The van der Waals surface area contributed by atoms with Crippen LogP contribution in [0.2, 0.25) is 0 Å². The molecule has 11 heavy (non-hydrogen) atoms. The molecule has 0 spiro atoms. The topological polar surface area (TPSA) is 23.1 Å². The fourth-order valence-corrected chi connectivity index (χ4v) is 0.415. The van der Waals surface area contributed by atoms with E-state index in [9.17, 15) is 4.39 Å². The highest BCUT2D eigenvalue weighted by Gasteiger charge is 1.83. The molecule has 0 aliphatic carbocycles. The van der Waals surface area contributed by atoms with Crippen LogP contribution in [0.1, 0.15) is 0 Å². The SMILES string of the molecule is Fc1ccccc1.[O-][S+](Cl)Cl. The molecule has 0 N–H and O–H groups in total. The van der Waals surface area contributed by atoms with Crippen LogP contribution in [0.25, 0.3) is 0 Å². The van der Waals surface area contributed by atoms with E-state index < -0.39 is 9.60 Å². The Balaban J connectivity index is 0.000000218. The molecule has 0 heterocycles. The maximum Gasteiger partial charge on any atom is 0.198 e. The first-order valence-corrected chi connectivity index (χ1v) is 5.38. The fourth-order valence-electron chi connectivity index (χ4n) is 0.415. The van der Waals surface area contributed by atoms with E-state index in [1.165, 1.54) is 12.1 Å². The molecule has 0 bridgehead atoms. The molecule has 0 aromatic heterocycles. The Bertz CT molecular complexity index is 180. The quantitative estimate of drug-likeness (QED) is 0.610. The van der Waals surface area contributed by atoms with Crippen LogP contribution in [0.5, 0.6) is 0 Å². The number of rotatable bonds is 0. The molecule has 0 amide bonds. The summed E-state index contributed by atoms with van der Waals surface area (Å²) in [5.41, 5.74) is 0. The van der Waals surface area contributed by atoms with Crippen molar-refractivity contribution in [1.29, 1.82) is 0 Å². The highest BCUT2D eigenvalue weighted by Crippen LogP contribution is 1.98. The molecule has 0 atom stereocenters. The van der Waals surface area contributed by atoms with Crippen molar-refractivity contribution in [2.75, 3.05) is 0 Å². The normalized spacial score (nSPS) is 8.82. The smallest absolute Gasteiger partial charge is 0.198 e. The van der Waals surface area contributed by atoms with Gasteiger partial charge in [-0.25, -0.2) is 4.39 Å². The van der Waals surface area contributed by atoms with Crippen LogP contribution in [0.15, 0.2) is 30.3 Å². The van der Waals surface area contributed by atoms with E-state index in [-0.39, 0.29) is 5.82 Å². The molecule has 1 rings (SSSR count). The second-order valence-corrected chi connectivity index (χ2v) is 4.00. The van der Waals surface area contributed by atoms with E-state index >= 15 is 0 Å². The molecular weight excluding hydrogens is 210 g/mol. The summed E-state index contributed by atoms with van der Waals surface area (Å²) in [6, 6.07) is 7.94. The largest absolute Gasteiger partial charge is 0.582 e. The minimum absolute atomic E-state index is 0.178. The predicted octanol–water partition coefficient (Wildman–Crippen LogP) is 2.87. The molecule has 0 fully saturated rings. The Morgan fingerprint density at radius 2 is 1.55 bits per heavy atom. The number of hydrogen-bond donors (Lipinski definition) is 0. The lowest BCUT2D eigenvalue weighted by Crippen LogP contribution is -1.63. The summed E-state index contributed by atoms with van der Waals surface area (Å²) in [5, 5.41) is 0. The van der Waals surface area contributed by atoms with Gasteiger partial charge in [0.15, 0.2) is 31.0 Å². The van der Waals surface area contributed by atoms with Gasteiger partial charge < -0.3 is 4.55 Å². The van der Waals surface area contributed by atoms with E-state index in [4.69, 9.17) is 4.55 Å². The summed E-state index contributed by atoms with van der Waals surface area (Å²) >= 11 is 0. The predicted molar refractivity (Wildman–Crippen MR) is 46.2 cm³/mol. The second kappa shape index (κ2) is 6.73. The van der Waals surface area contributed by atoms with Crippen LogP contribution in [-0.4, -0.2) is 4.55 Å². The van der Waals surface area contributed by atoms with Crippen molar-refractivity contribution in [2.24, 2.45) is 0 Å². The lowest BCUT2D eigenvalue weighted by molar-refractivity contribution is 0.620. The van der Waals surface area contributed by atoms with Crippen molar-refractivity contribution in [3.8, 4) is 0 Å². The van der Waals surface area contributed by atoms with Gasteiger partial charge in [0.1, 0.15) is 5.82 Å². The van der Waals surface area contributed by atoms with Gasteiger partial charge >= 0.3 is 0 Å². The summed E-state index contributed by atoms with van der Waals surface area (Å²) in [4.78, 5) is 0. The van der Waals surface area contributed by atoms with Gasteiger partial charge in [0.2, 0.25) is 0 Å². The molecule has 5 heteroatoms. The minimum atomic E-state index is -1.67. The van der Waals surface area contributed by atoms with Crippen molar-refractivity contribution in [3.63, 3.8) is 0 Å². The lowest BCUT2D eigenvalue weighted by atomic mass is 10.4. The summed E-state index contributed by atoms with van der Waals surface area (Å²) in [6.45, 7) is 0. The highest BCUT2D eigenvalue weighted by molar-refractivity contribution is 8.31. The molecule has 0 aliphatic heterocycles. The molecule has 0 radical (unpaired) electrons. The zero-order valence-electron chi connectivity index (χ0n) is 5.34. The van der Waals surface area contributed by atoms with Crippen molar-refractivity contribution in [1.82, 2.24) is 0 Å². The van der Waals surface area contributed by atoms with E-state index in [1.54, 1.807) is 18.2 Å². The summed E-state index contributed by atoms with van der Waals surface area (Å²) in [7, 11) is 7.36. The van der Waals surface area contributed by atoms with Gasteiger partial charge in [-0.05, 0) is 12.1 Å². The average Bonchev–Trinajstić information content (AvgIpc) is 1.87. The molecule has 1 nitrogen and oxygen atoms in total. The van der Waals surface area contributed by atoms with Crippen molar-refractivity contribution in [2.45, 2.75) is 0 Å². The molecule has 0 aliphatic rings. The Morgan fingerprint density at radius 1 is 1.18 bits per heavy atom. The van der Waals surface area contributed by atoms with Crippen LogP contribution in [0.3, 0.4) is 0 Å². The number of hydrogen-bond acceptors (Lipinski definition) is 1. The maximum absolute atomic E-state index is 11.9. The van der Waals surface area contributed by atoms with Crippen LogP contribution in [-0.2, 0) is 9.60 Å². The maximum atomic E-state index is 11.9. The van der Waals surface area contributed by atoms with Gasteiger partial charge in [0.05, 0.1) is 0 Å². The van der Waals surface area contributed by atoms with Crippen molar-refractivity contribution in [3.05, 3.63) is 36.1 Å². The van der Waals surface area contributed by atoms with Crippen LogP contribution >= 0.6 is 21.4 Å². The van der Waals surface area contributed by atoms with Gasteiger partial charge in [-0.1, -0.05) is 18.2 Å². The van der Waals surface area contributed by atoms with Gasteiger partial charge in [-0.3, -0.25) is 0 Å². The van der Waals surface area contributed by atoms with Crippen LogP contribution < -0.4 is 0 Å². The van der Waals surface area contributed by atoms with Gasteiger partial charge in [0, 0.05) is 0 Å². The minimum Gasteiger partial charge on any atom is -0.582 e. The van der Waals surface area contributed by atoms with E-state index in [0.717, 1.165) is 0 Å². The summed E-state index contributed by atoms with van der Waals surface area (Å²) in [5.74, 6) is -0.178. The molecule has 0 saturated carbocycles. The van der Waals surface area contributed by atoms with E-state index in [2.05, 4.69) is 21.4 Å². The zero-order chi connectivity index (χ0) is 8.69. The monoisotopic (exact) mass is 214 g/mol. The zero-order valence-corrected chi connectivity index (χ0v) is 7.67. The molecule has 62 valence electrons. The van der Waals surface area contributed by atoms with Crippen molar-refractivity contribution >= 4 is 31.0 Å². The highest BCUT2D eigenvalue weighted by atomic mass is 36.0.